The van der Waals surface area contributed by atoms with Crippen LogP contribution in [0.15, 0.2) is 54.6 Å². The highest BCUT2D eigenvalue weighted by molar-refractivity contribution is 7.80. The lowest BCUT2D eigenvalue weighted by Gasteiger charge is -2.43. The topological polar surface area (TPSA) is 90.8 Å². The molecule has 1 aliphatic carbocycles. The number of benzene rings is 2. The van der Waals surface area contributed by atoms with E-state index >= 15 is 0 Å². The summed E-state index contributed by atoms with van der Waals surface area (Å²) in [5.41, 5.74) is 8.41. The number of carbonyl (C=O) groups is 1. The maximum atomic E-state index is 12.0. The summed E-state index contributed by atoms with van der Waals surface area (Å²) in [5.74, 6) is 2.30. The second kappa shape index (κ2) is 17.5. The van der Waals surface area contributed by atoms with Crippen molar-refractivity contribution < 1.29 is 14.3 Å². The van der Waals surface area contributed by atoms with Gasteiger partial charge in [-0.05, 0) is 92.2 Å². The number of hydrogen-bond acceptors (Lipinski definition) is 7. The number of carbonyl (C=O) groups excluding carboxylic acids is 1. The number of amides is 1. The van der Waals surface area contributed by atoms with E-state index in [0.29, 0.717) is 41.1 Å². The lowest BCUT2D eigenvalue weighted by molar-refractivity contribution is 0.0133. The predicted molar refractivity (Wildman–Crippen MR) is 182 cm³/mol. The molecule has 0 spiro atoms. The number of primary amides is 1. The standard InChI is InChI=1S/C33H45ClN2O3S.H3NS/c1-22(23(2)40)7-4-12-31(38-3)29-15-13-27(29)20-36-19-25(10-5-8-24-9-6-11-28(34)17-24)21-39-32-16-14-26(33(35)37)18-30(32)36;1-2/h4,6,9,11-12,14,16-18,22-23,25,27,29,31,40H,5,7-8,10,13,15,19-21H2,1-3H3,(H2,35,37);2H,1H2/b12-4+;/t22-,23+,25?,27-,29+,31-;/m0./s1. The van der Waals surface area contributed by atoms with Gasteiger partial charge < -0.3 is 20.1 Å². The van der Waals surface area contributed by atoms with Crippen molar-refractivity contribution in [2.24, 2.45) is 34.5 Å². The molecule has 2 aliphatic rings. The van der Waals surface area contributed by atoms with Gasteiger partial charge in [-0.2, -0.15) is 12.6 Å². The summed E-state index contributed by atoms with van der Waals surface area (Å²) in [6, 6.07) is 13.7. The van der Waals surface area contributed by atoms with Gasteiger partial charge in [-0.15, -0.1) is 12.8 Å². The Morgan fingerprint density at radius 2 is 2.00 bits per heavy atom. The first-order valence-electron chi connectivity index (χ1n) is 14.9. The summed E-state index contributed by atoms with van der Waals surface area (Å²) in [6.45, 7) is 6.84. The van der Waals surface area contributed by atoms with Crippen molar-refractivity contribution in [2.75, 3.05) is 31.7 Å². The average Bonchev–Trinajstić information content (AvgIpc) is 3.14. The Morgan fingerprint density at radius 1 is 1.21 bits per heavy atom. The van der Waals surface area contributed by atoms with Gasteiger partial charge in [0.15, 0.2) is 0 Å². The third-order valence-corrected chi connectivity index (χ3v) is 9.53. The Morgan fingerprint density at radius 3 is 2.64 bits per heavy atom. The molecule has 1 aliphatic heterocycles. The fourth-order valence-corrected chi connectivity index (χ4v) is 6.24. The maximum absolute atomic E-state index is 12.0. The lowest BCUT2D eigenvalue weighted by Crippen LogP contribution is -2.44. The van der Waals surface area contributed by atoms with Crippen LogP contribution >= 0.6 is 37.0 Å². The zero-order valence-corrected chi connectivity index (χ0v) is 27.7. The molecular formula is C33H48ClN3O3S2. The van der Waals surface area contributed by atoms with E-state index in [1.807, 2.05) is 31.4 Å². The summed E-state index contributed by atoms with van der Waals surface area (Å²) < 4.78 is 12.3. The van der Waals surface area contributed by atoms with Crippen LogP contribution in [0, 0.1) is 23.7 Å². The summed E-state index contributed by atoms with van der Waals surface area (Å²) >= 11 is 13.8. The fourth-order valence-electron chi connectivity index (χ4n) is 5.90. The summed E-state index contributed by atoms with van der Waals surface area (Å²) in [5, 5.41) is 5.35. The number of halogens is 1. The minimum Gasteiger partial charge on any atom is -0.491 e. The molecule has 2 aromatic carbocycles. The zero-order valence-electron chi connectivity index (χ0n) is 25.1. The number of anilines is 1. The third-order valence-electron chi connectivity index (χ3n) is 8.79. The molecule has 4 N–H and O–H groups in total. The molecule has 0 saturated heterocycles. The quantitative estimate of drug-likeness (QED) is 0.141. The Labute approximate surface area is 268 Å². The van der Waals surface area contributed by atoms with Crippen molar-refractivity contribution in [1.29, 1.82) is 0 Å². The molecule has 0 bridgehead atoms. The molecule has 2 aromatic rings. The van der Waals surface area contributed by atoms with Crippen LogP contribution < -0.4 is 20.5 Å². The van der Waals surface area contributed by atoms with E-state index in [9.17, 15) is 4.79 Å². The highest BCUT2D eigenvalue weighted by atomic mass is 35.5. The Balaban J connectivity index is 0.00000237. The molecule has 9 heteroatoms. The van der Waals surface area contributed by atoms with Gasteiger partial charge in [-0.3, -0.25) is 9.93 Å². The second-order valence-corrected chi connectivity index (χ2v) is 13.0. The van der Waals surface area contributed by atoms with Crippen LogP contribution in [-0.2, 0) is 11.2 Å². The molecule has 1 unspecified atom stereocenters. The number of fused-ring (bicyclic) bond motifs is 1. The molecule has 0 aromatic heterocycles. The van der Waals surface area contributed by atoms with Gasteiger partial charge in [0.05, 0.1) is 18.4 Å². The predicted octanol–water partition coefficient (Wildman–Crippen LogP) is 7.01. The van der Waals surface area contributed by atoms with E-state index in [-0.39, 0.29) is 6.10 Å². The van der Waals surface area contributed by atoms with Crippen molar-refractivity contribution in [2.45, 2.75) is 63.7 Å². The van der Waals surface area contributed by atoms with E-state index in [0.717, 1.165) is 61.7 Å². The first-order valence-corrected chi connectivity index (χ1v) is 16.4. The number of aryl methyl sites for hydroxylation is 1. The maximum Gasteiger partial charge on any atom is 0.248 e. The molecule has 232 valence electrons. The van der Waals surface area contributed by atoms with Crippen molar-refractivity contribution >= 4 is 48.6 Å². The molecule has 4 rings (SSSR count). The zero-order chi connectivity index (χ0) is 30.6. The molecule has 1 heterocycles. The normalized spacial score (nSPS) is 22.1. The van der Waals surface area contributed by atoms with Gasteiger partial charge >= 0.3 is 0 Å². The van der Waals surface area contributed by atoms with E-state index in [2.05, 4.69) is 73.6 Å². The van der Waals surface area contributed by atoms with Gasteiger partial charge in [0.1, 0.15) is 5.75 Å². The van der Waals surface area contributed by atoms with E-state index in [4.69, 9.17) is 26.8 Å². The lowest BCUT2D eigenvalue weighted by atomic mass is 9.70. The monoisotopic (exact) mass is 633 g/mol. The SMILES string of the molecule is CO[C@@H](/C=C/C[C@H](C)[C@@H](C)S)[C@@H]1CC[C@H]1CN1CC(CCCc2cccc(Cl)c2)COc2ccc(C(N)=O)cc21.NS. The van der Waals surface area contributed by atoms with Crippen molar-refractivity contribution in [3.63, 3.8) is 0 Å². The highest BCUT2D eigenvalue weighted by Crippen LogP contribution is 2.42. The van der Waals surface area contributed by atoms with Gasteiger partial charge in [0.2, 0.25) is 5.91 Å². The molecular weight excluding hydrogens is 586 g/mol. The molecule has 42 heavy (non-hydrogen) atoms. The van der Waals surface area contributed by atoms with Crippen molar-refractivity contribution in [3.8, 4) is 5.75 Å². The van der Waals surface area contributed by atoms with Crippen molar-refractivity contribution in [1.82, 2.24) is 0 Å². The smallest absolute Gasteiger partial charge is 0.248 e. The fraction of sp³-hybridized carbons (Fsp3) is 0.545. The van der Waals surface area contributed by atoms with Crippen LogP contribution in [0.25, 0.3) is 0 Å². The summed E-state index contributed by atoms with van der Waals surface area (Å²) in [7, 11) is 1.82. The largest absolute Gasteiger partial charge is 0.491 e. The van der Waals surface area contributed by atoms with Crippen LogP contribution in [0.5, 0.6) is 5.75 Å². The number of thiol groups is 2. The summed E-state index contributed by atoms with van der Waals surface area (Å²) in [6.07, 6.45) is 11.1. The Bertz CT molecular complexity index is 1170. The molecule has 1 fully saturated rings. The molecule has 6 nitrogen and oxygen atoms in total. The Kier molecular flexibility index (Phi) is 14.4. The van der Waals surface area contributed by atoms with Gasteiger partial charge in [0, 0.05) is 42.0 Å². The summed E-state index contributed by atoms with van der Waals surface area (Å²) in [4.78, 5) is 14.5. The van der Waals surface area contributed by atoms with E-state index in [1.54, 1.807) is 6.07 Å². The minimum atomic E-state index is -0.416. The number of hydrogen-bond donors (Lipinski definition) is 4. The number of ether oxygens (including phenoxy) is 2. The number of allylic oxidation sites excluding steroid dienone is 1. The molecule has 0 radical (unpaired) electrons. The molecule has 6 atom stereocenters. The average molecular weight is 634 g/mol. The first-order chi connectivity index (χ1) is 20.2. The highest BCUT2D eigenvalue weighted by Gasteiger charge is 2.38. The minimum absolute atomic E-state index is 0.106. The van der Waals surface area contributed by atoms with Crippen LogP contribution in [0.3, 0.4) is 0 Å². The first kappa shape index (κ1) is 34.6. The van der Waals surface area contributed by atoms with Gasteiger partial charge in [-0.1, -0.05) is 49.7 Å². The number of nitrogens with two attached hydrogens (primary N) is 2. The molecule has 1 amide bonds. The van der Waals surface area contributed by atoms with Crippen LogP contribution in [0.4, 0.5) is 5.69 Å². The number of rotatable bonds is 13. The third kappa shape index (κ3) is 9.84. The number of nitrogens with zero attached hydrogens (tertiary/aromatic N) is 1. The van der Waals surface area contributed by atoms with E-state index < -0.39 is 5.91 Å². The van der Waals surface area contributed by atoms with Crippen LogP contribution in [0.1, 0.15) is 61.9 Å². The van der Waals surface area contributed by atoms with Gasteiger partial charge in [-0.25, -0.2) is 0 Å². The molecule has 1 saturated carbocycles. The second-order valence-electron chi connectivity index (χ2n) is 11.7. The van der Waals surface area contributed by atoms with E-state index in [1.165, 1.54) is 12.0 Å². The van der Waals surface area contributed by atoms with Gasteiger partial charge in [0.25, 0.3) is 0 Å². The van der Waals surface area contributed by atoms with Crippen LogP contribution in [0.2, 0.25) is 5.02 Å². The Hall–Kier alpha value is -1.84. The van der Waals surface area contributed by atoms with Crippen LogP contribution in [-0.4, -0.2) is 44.1 Å². The van der Waals surface area contributed by atoms with Crippen molar-refractivity contribution in [3.05, 3.63) is 70.8 Å². The number of methoxy groups -OCH3 is 1.